The number of aromatic hydroxyl groups is 1. The average Bonchev–Trinajstić information content (AvgIpc) is 2.55. The van der Waals surface area contributed by atoms with E-state index in [1.807, 2.05) is 25.9 Å². The largest absolute Gasteiger partial charge is 0.507 e. The minimum absolute atomic E-state index is 0.0555. The number of fused-ring (bicyclic) bond motifs is 1. The fraction of sp³-hybridized carbons (Fsp3) is 0.421. The van der Waals surface area contributed by atoms with E-state index in [0.717, 1.165) is 17.5 Å². The normalized spacial score (nSPS) is 10.8. The van der Waals surface area contributed by atoms with Crippen molar-refractivity contribution in [3.63, 3.8) is 0 Å². The molecule has 0 fully saturated rings. The third-order valence-corrected chi connectivity index (χ3v) is 4.00. The van der Waals surface area contributed by atoms with Crippen molar-refractivity contribution < 1.29 is 19.4 Å². The van der Waals surface area contributed by atoms with E-state index in [2.05, 4.69) is 4.98 Å². The van der Waals surface area contributed by atoms with Gasteiger partial charge < -0.3 is 14.7 Å². The first-order valence-corrected chi connectivity index (χ1v) is 8.36. The van der Waals surface area contributed by atoms with Gasteiger partial charge in [0.05, 0.1) is 17.7 Å². The molecule has 0 aliphatic carbocycles. The number of phenolic OH excluding ortho intramolecular Hbond substituents is 1. The number of carbonyl (C=O) groups excluding carboxylic acids is 2. The summed E-state index contributed by atoms with van der Waals surface area (Å²) in [4.78, 5) is 30.4. The molecule has 0 amide bonds. The van der Waals surface area contributed by atoms with Gasteiger partial charge in [-0.2, -0.15) is 0 Å². The van der Waals surface area contributed by atoms with Gasteiger partial charge in [-0.1, -0.05) is 13.3 Å². The van der Waals surface area contributed by atoms with E-state index in [9.17, 15) is 14.7 Å². The highest BCUT2D eigenvalue weighted by atomic mass is 16.5. The zero-order chi connectivity index (χ0) is 18.7. The van der Waals surface area contributed by atoms with Crippen LogP contribution in [0.15, 0.2) is 12.1 Å². The van der Waals surface area contributed by atoms with Gasteiger partial charge in [-0.15, -0.1) is 0 Å². The van der Waals surface area contributed by atoms with Crippen molar-refractivity contribution in [2.45, 2.75) is 33.6 Å². The zero-order valence-corrected chi connectivity index (χ0v) is 15.3. The van der Waals surface area contributed by atoms with Crippen molar-refractivity contribution in [3.05, 3.63) is 29.0 Å². The molecule has 0 aliphatic rings. The highest BCUT2D eigenvalue weighted by molar-refractivity contribution is 6.06. The Balaban J connectivity index is 2.90. The molecule has 25 heavy (non-hydrogen) atoms. The van der Waals surface area contributed by atoms with Crippen LogP contribution in [0, 0.1) is 0 Å². The number of ketones is 1. The molecule has 6 nitrogen and oxygen atoms in total. The van der Waals surface area contributed by atoms with Crippen LogP contribution in [0.1, 0.15) is 53.6 Å². The molecular formula is C19H24N2O4. The molecule has 2 rings (SSSR count). The number of carbonyl (C=O) groups is 2. The van der Waals surface area contributed by atoms with Crippen LogP contribution >= 0.6 is 0 Å². The van der Waals surface area contributed by atoms with E-state index in [0.29, 0.717) is 17.5 Å². The summed E-state index contributed by atoms with van der Waals surface area (Å²) in [5, 5.41) is 11.3. The Kier molecular flexibility index (Phi) is 5.62. The number of anilines is 1. The third-order valence-electron chi connectivity index (χ3n) is 4.00. The first kappa shape index (κ1) is 18.7. The number of esters is 1. The zero-order valence-electron chi connectivity index (χ0n) is 15.3. The molecule has 6 heteroatoms. The molecule has 0 unspecified atom stereocenters. The summed E-state index contributed by atoms with van der Waals surface area (Å²) in [6.45, 7) is 5.39. The number of ether oxygens (including phenoxy) is 1. The molecule has 1 heterocycles. The number of phenols is 1. The fourth-order valence-electron chi connectivity index (χ4n) is 2.84. The van der Waals surface area contributed by atoms with E-state index in [-0.39, 0.29) is 29.4 Å². The summed E-state index contributed by atoms with van der Waals surface area (Å²) in [7, 11) is 3.70. The Morgan fingerprint density at radius 2 is 1.92 bits per heavy atom. The summed E-state index contributed by atoms with van der Waals surface area (Å²) < 4.78 is 5.07. The molecule has 0 saturated heterocycles. The second-order valence-electron chi connectivity index (χ2n) is 6.10. The summed E-state index contributed by atoms with van der Waals surface area (Å²) in [6.07, 6.45) is 1.32. The van der Waals surface area contributed by atoms with Crippen LogP contribution in [0.5, 0.6) is 5.75 Å². The highest BCUT2D eigenvalue weighted by Crippen LogP contribution is 2.36. The molecule has 0 spiro atoms. The molecule has 0 atom stereocenters. The van der Waals surface area contributed by atoms with Gasteiger partial charge in [-0.05, 0) is 32.4 Å². The second kappa shape index (κ2) is 7.51. The van der Waals surface area contributed by atoms with Crippen molar-refractivity contribution in [2.24, 2.45) is 0 Å². The van der Waals surface area contributed by atoms with Gasteiger partial charge in [0.2, 0.25) is 0 Å². The standard InChI is InChI=1S/C19H24N2O4/c1-6-8-12-17-14(9-13(11(3)22)18(12)23)16(21(4)5)10-15(20-17)19(24)25-7-2/h9-10,23H,6-8H2,1-5H3. The predicted octanol–water partition coefficient (Wildman–Crippen LogP) is 3.34. The number of pyridine rings is 1. The Labute approximate surface area is 147 Å². The summed E-state index contributed by atoms with van der Waals surface area (Å²) in [5.41, 5.74) is 2.31. The molecule has 0 radical (unpaired) electrons. The Bertz CT molecular complexity index is 828. The smallest absolute Gasteiger partial charge is 0.357 e. The van der Waals surface area contributed by atoms with Crippen molar-refractivity contribution in [1.29, 1.82) is 0 Å². The van der Waals surface area contributed by atoms with Crippen LogP contribution in [0.3, 0.4) is 0 Å². The van der Waals surface area contributed by atoms with Gasteiger partial charge in [0.15, 0.2) is 11.5 Å². The topological polar surface area (TPSA) is 79.7 Å². The van der Waals surface area contributed by atoms with E-state index in [1.165, 1.54) is 6.92 Å². The lowest BCUT2D eigenvalue weighted by atomic mass is 9.96. The molecular weight excluding hydrogens is 320 g/mol. The maximum absolute atomic E-state index is 12.2. The molecule has 0 bridgehead atoms. The van der Waals surface area contributed by atoms with Crippen LogP contribution in [0.4, 0.5) is 5.69 Å². The maximum Gasteiger partial charge on any atom is 0.357 e. The van der Waals surface area contributed by atoms with Crippen LogP contribution in [0.2, 0.25) is 0 Å². The third kappa shape index (κ3) is 3.57. The first-order chi connectivity index (χ1) is 11.8. The van der Waals surface area contributed by atoms with Gasteiger partial charge >= 0.3 is 5.97 Å². The predicted molar refractivity (Wildman–Crippen MR) is 97.7 cm³/mol. The average molecular weight is 344 g/mol. The summed E-state index contributed by atoms with van der Waals surface area (Å²) in [5.74, 6) is -0.777. The number of aryl methyl sites for hydroxylation is 1. The van der Waals surface area contributed by atoms with Crippen molar-refractivity contribution in [3.8, 4) is 5.75 Å². The molecule has 1 aromatic carbocycles. The quantitative estimate of drug-likeness (QED) is 0.639. The molecule has 0 aliphatic heterocycles. The maximum atomic E-state index is 12.2. The number of aromatic nitrogens is 1. The number of hydrogen-bond acceptors (Lipinski definition) is 6. The summed E-state index contributed by atoms with van der Waals surface area (Å²) >= 11 is 0. The van der Waals surface area contributed by atoms with E-state index in [4.69, 9.17) is 4.74 Å². The second-order valence-corrected chi connectivity index (χ2v) is 6.10. The monoisotopic (exact) mass is 344 g/mol. The summed E-state index contributed by atoms with van der Waals surface area (Å²) in [6, 6.07) is 3.29. The highest BCUT2D eigenvalue weighted by Gasteiger charge is 2.21. The van der Waals surface area contributed by atoms with Crippen molar-refractivity contribution >= 4 is 28.3 Å². The van der Waals surface area contributed by atoms with Gasteiger partial charge in [0, 0.05) is 30.7 Å². The number of Topliss-reactive ketones (excluding diaryl/α,β-unsaturated/α-hetero) is 1. The van der Waals surface area contributed by atoms with E-state index >= 15 is 0 Å². The minimum atomic E-state index is -0.509. The van der Waals surface area contributed by atoms with Crippen LogP contribution in [-0.2, 0) is 11.2 Å². The van der Waals surface area contributed by atoms with Crippen molar-refractivity contribution in [2.75, 3.05) is 25.6 Å². The van der Waals surface area contributed by atoms with Gasteiger partial charge in [-0.3, -0.25) is 4.79 Å². The minimum Gasteiger partial charge on any atom is -0.507 e. The SMILES string of the molecule is CCCc1c(O)c(C(C)=O)cc2c(N(C)C)cc(C(=O)OCC)nc12. The lowest BCUT2D eigenvalue weighted by Crippen LogP contribution is -2.14. The number of nitrogens with zero attached hydrogens (tertiary/aromatic N) is 2. The number of hydrogen-bond donors (Lipinski definition) is 1. The number of rotatable bonds is 6. The molecule has 134 valence electrons. The lowest BCUT2D eigenvalue weighted by molar-refractivity contribution is 0.0520. The van der Waals surface area contributed by atoms with Crippen LogP contribution in [-0.4, -0.2) is 42.5 Å². The lowest BCUT2D eigenvalue weighted by Gasteiger charge is -2.19. The first-order valence-electron chi connectivity index (χ1n) is 8.36. The number of benzene rings is 1. The Morgan fingerprint density at radius 3 is 2.44 bits per heavy atom. The molecule has 1 aromatic heterocycles. The van der Waals surface area contributed by atoms with Crippen LogP contribution < -0.4 is 4.90 Å². The van der Waals surface area contributed by atoms with Gasteiger partial charge in [-0.25, -0.2) is 9.78 Å². The Hall–Kier alpha value is -2.63. The molecule has 0 saturated carbocycles. The molecule has 2 aromatic rings. The van der Waals surface area contributed by atoms with Gasteiger partial charge in [0.1, 0.15) is 5.75 Å². The van der Waals surface area contributed by atoms with Crippen molar-refractivity contribution in [1.82, 2.24) is 4.98 Å². The molecule has 1 N–H and O–H groups in total. The van der Waals surface area contributed by atoms with Gasteiger partial charge in [0.25, 0.3) is 0 Å². The van der Waals surface area contributed by atoms with E-state index in [1.54, 1.807) is 19.1 Å². The fourth-order valence-corrected chi connectivity index (χ4v) is 2.84. The Morgan fingerprint density at radius 1 is 1.24 bits per heavy atom. The van der Waals surface area contributed by atoms with E-state index < -0.39 is 5.97 Å². The van der Waals surface area contributed by atoms with Crippen LogP contribution in [0.25, 0.3) is 10.9 Å².